The Kier molecular flexibility index (Phi) is 5.13. The first-order chi connectivity index (χ1) is 16.3. The number of aromatic nitrogens is 3. The van der Waals surface area contributed by atoms with Crippen LogP contribution in [-0.2, 0) is 6.54 Å². The van der Waals surface area contributed by atoms with Crippen molar-refractivity contribution in [3.8, 4) is 11.4 Å². The number of carboxylic acids is 1. The predicted molar refractivity (Wildman–Crippen MR) is 132 cm³/mol. The summed E-state index contributed by atoms with van der Waals surface area (Å²) in [5, 5.41) is 14.5. The molecule has 9 heteroatoms. The first-order valence-electron chi connectivity index (χ1n) is 10.5. The molecule has 0 fully saturated rings. The number of nitrogens with zero attached hydrogens (tertiary/aromatic N) is 2. The molecular formula is C25H21N3O5S. The monoisotopic (exact) mass is 475 g/mol. The molecule has 0 aliphatic rings. The van der Waals surface area contributed by atoms with E-state index >= 15 is 0 Å². The summed E-state index contributed by atoms with van der Waals surface area (Å²) in [5.74, 6) is -0.574. The van der Waals surface area contributed by atoms with Crippen LogP contribution in [0.1, 0.15) is 27.2 Å². The molecule has 3 heterocycles. The van der Waals surface area contributed by atoms with Crippen molar-refractivity contribution in [2.24, 2.45) is 0 Å². The highest BCUT2D eigenvalue weighted by Gasteiger charge is 2.27. The Labute approximate surface area is 197 Å². The summed E-state index contributed by atoms with van der Waals surface area (Å²) in [7, 11) is 1.58. The number of aromatic amines is 1. The maximum Gasteiger partial charge on any atom is 0.354 e. The number of aromatic carboxylic acids is 1. The van der Waals surface area contributed by atoms with Crippen LogP contribution in [-0.4, -0.2) is 32.3 Å². The topological polar surface area (TPSA) is 106 Å². The van der Waals surface area contributed by atoms with Gasteiger partial charge in [0.05, 0.1) is 29.2 Å². The molecule has 2 aromatic carbocycles. The Hall–Kier alpha value is -4.11. The molecule has 2 N–H and O–H groups in total. The third kappa shape index (κ3) is 3.41. The minimum Gasteiger partial charge on any atom is -0.497 e. The number of aryl methyl sites for hydroxylation is 2. The fourth-order valence-corrected chi connectivity index (χ4v) is 5.17. The molecule has 5 rings (SSSR count). The van der Waals surface area contributed by atoms with Gasteiger partial charge in [-0.2, -0.15) is 0 Å². The highest BCUT2D eigenvalue weighted by Crippen LogP contribution is 2.31. The number of benzene rings is 2. The van der Waals surface area contributed by atoms with Gasteiger partial charge in [-0.15, -0.1) is 11.3 Å². The molecule has 34 heavy (non-hydrogen) atoms. The van der Waals surface area contributed by atoms with E-state index in [1.54, 1.807) is 28.5 Å². The van der Waals surface area contributed by atoms with E-state index < -0.39 is 17.2 Å². The van der Waals surface area contributed by atoms with E-state index in [1.165, 1.54) is 11.3 Å². The van der Waals surface area contributed by atoms with E-state index in [2.05, 4.69) is 4.98 Å². The molecular weight excluding hydrogens is 454 g/mol. The van der Waals surface area contributed by atoms with Crippen molar-refractivity contribution < 1.29 is 14.6 Å². The lowest BCUT2D eigenvalue weighted by atomic mass is 10.1. The lowest BCUT2D eigenvalue weighted by Gasteiger charge is -2.12. The predicted octanol–water partition coefficient (Wildman–Crippen LogP) is 4.07. The number of fused-ring (bicyclic) bond motifs is 2. The quantitative estimate of drug-likeness (QED) is 0.399. The summed E-state index contributed by atoms with van der Waals surface area (Å²) in [6.45, 7) is 4.02. The maximum absolute atomic E-state index is 13.3. The number of hydrogen-bond donors (Lipinski definition) is 2. The second-order valence-electron chi connectivity index (χ2n) is 8.24. The van der Waals surface area contributed by atoms with Crippen molar-refractivity contribution in [3.63, 3.8) is 0 Å². The smallest absolute Gasteiger partial charge is 0.354 e. The van der Waals surface area contributed by atoms with Gasteiger partial charge in [0.15, 0.2) is 5.69 Å². The lowest BCUT2D eigenvalue weighted by molar-refractivity contribution is 0.0686. The summed E-state index contributed by atoms with van der Waals surface area (Å²) in [5.41, 5.74) is 2.40. The molecule has 0 radical (unpaired) electrons. The zero-order valence-electron chi connectivity index (χ0n) is 18.7. The van der Waals surface area contributed by atoms with Crippen molar-refractivity contribution in [1.82, 2.24) is 14.1 Å². The second kappa shape index (κ2) is 8.03. The molecule has 0 atom stereocenters. The van der Waals surface area contributed by atoms with Crippen molar-refractivity contribution in [1.29, 1.82) is 0 Å². The SMILES string of the molecule is COc1cc(C)cc(Cn2c(C(=O)O)c(-n3c(=O)[nH]c4cscc4c3=O)c3cc(C)ccc32)c1. The van der Waals surface area contributed by atoms with Gasteiger partial charge in [0.25, 0.3) is 5.56 Å². The first kappa shape index (κ1) is 21.7. The standard InChI is InChI=1S/C25H21N3O5S/c1-13-4-5-20-17(8-13)21(28-23(29)18-11-34-12-19(18)26-25(28)32)22(24(30)31)27(20)10-15-6-14(2)7-16(9-15)33-3/h4-9,11-12H,10H2,1-3H3,(H,26,32)(H,30,31). The van der Waals surface area contributed by atoms with E-state index in [0.717, 1.165) is 21.3 Å². The van der Waals surface area contributed by atoms with Gasteiger partial charge in [-0.25, -0.2) is 14.2 Å². The van der Waals surface area contributed by atoms with Crippen LogP contribution in [0.25, 0.3) is 27.5 Å². The minimum atomic E-state index is -1.24. The number of carbonyl (C=O) groups is 1. The van der Waals surface area contributed by atoms with Gasteiger partial charge in [-0.1, -0.05) is 17.7 Å². The molecule has 172 valence electrons. The average molecular weight is 476 g/mol. The summed E-state index contributed by atoms with van der Waals surface area (Å²) in [6, 6.07) is 11.2. The van der Waals surface area contributed by atoms with Crippen molar-refractivity contribution >= 4 is 39.1 Å². The summed E-state index contributed by atoms with van der Waals surface area (Å²) in [4.78, 5) is 41.7. The van der Waals surface area contributed by atoms with Gasteiger partial charge in [0, 0.05) is 22.7 Å². The Morgan fingerprint density at radius 1 is 1.06 bits per heavy atom. The van der Waals surface area contributed by atoms with Gasteiger partial charge >= 0.3 is 11.7 Å². The van der Waals surface area contributed by atoms with E-state index in [1.807, 2.05) is 44.2 Å². The number of hydrogen-bond acceptors (Lipinski definition) is 5. The largest absolute Gasteiger partial charge is 0.497 e. The lowest BCUT2D eigenvalue weighted by Crippen LogP contribution is -2.34. The van der Waals surface area contributed by atoms with Gasteiger partial charge in [-0.3, -0.25) is 4.79 Å². The number of methoxy groups -OCH3 is 1. The van der Waals surface area contributed by atoms with Crippen molar-refractivity contribution in [3.05, 3.63) is 90.4 Å². The fourth-order valence-electron chi connectivity index (χ4n) is 4.42. The molecule has 0 saturated carbocycles. The van der Waals surface area contributed by atoms with E-state index in [4.69, 9.17) is 4.74 Å². The average Bonchev–Trinajstić information content (AvgIpc) is 3.36. The Bertz CT molecular complexity index is 1720. The van der Waals surface area contributed by atoms with Crippen molar-refractivity contribution in [2.45, 2.75) is 20.4 Å². The molecule has 5 aromatic rings. The number of nitrogens with one attached hydrogen (secondary N) is 1. The van der Waals surface area contributed by atoms with E-state index in [9.17, 15) is 19.5 Å². The van der Waals surface area contributed by atoms with Crippen LogP contribution in [0.5, 0.6) is 5.75 Å². The number of H-pyrrole nitrogens is 1. The molecule has 0 unspecified atom stereocenters. The molecule has 0 spiro atoms. The minimum absolute atomic E-state index is 0.0603. The highest BCUT2D eigenvalue weighted by atomic mass is 32.1. The Morgan fingerprint density at radius 3 is 2.59 bits per heavy atom. The summed E-state index contributed by atoms with van der Waals surface area (Å²) < 4.78 is 7.95. The zero-order chi connectivity index (χ0) is 24.1. The molecule has 0 amide bonds. The second-order valence-corrected chi connectivity index (χ2v) is 8.98. The van der Waals surface area contributed by atoms with Crippen LogP contribution in [0.2, 0.25) is 0 Å². The van der Waals surface area contributed by atoms with Gasteiger partial charge in [-0.05, 0) is 49.2 Å². The molecule has 8 nitrogen and oxygen atoms in total. The Balaban J connectivity index is 1.88. The van der Waals surface area contributed by atoms with Crippen LogP contribution in [0.3, 0.4) is 0 Å². The van der Waals surface area contributed by atoms with Crippen LogP contribution < -0.4 is 16.0 Å². The van der Waals surface area contributed by atoms with E-state index in [0.29, 0.717) is 27.6 Å². The van der Waals surface area contributed by atoms with Gasteiger partial charge < -0.3 is 19.4 Å². The van der Waals surface area contributed by atoms with E-state index in [-0.39, 0.29) is 17.9 Å². The maximum atomic E-state index is 13.3. The number of ether oxygens (including phenoxy) is 1. The summed E-state index contributed by atoms with van der Waals surface area (Å²) >= 11 is 1.29. The number of thiophene rings is 1. The molecule has 0 aliphatic heterocycles. The van der Waals surface area contributed by atoms with Crippen molar-refractivity contribution in [2.75, 3.05) is 7.11 Å². The molecule has 3 aromatic heterocycles. The molecule has 0 saturated heterocycles. The number of carboxylic acid groups (broad SMARTS) is 1. The Morgan fingerprint density at radius 2 is 1.85 bits per heavy atom. The van der Waals surface area contributed by atoms with Crippen LogP contribution in [0, 0.1) is 13.8 Å². The highest BCUT2D eigenvalue weighted by molar-refractivity contribution is 7.09. The van der Waals surface area contributed by atoms with Crippen LogP contribution in [0.15, 0.2) is 56.7 Å². The zero-order valence-corrected chi connectivity index (χ0v) is 19.5. The molecule has 0 bridgehead atoms. The van der Waals surface area contributed by atoms with Crippen LogP contribution >= 0.6 is 11.3 Å². The first-order valence-corrected chi connectivity index (χ1v) is 11.4. The fraction of sp³-hybridized carbons (Fsp3) is 0.160. The number of rotatable bonds is 5. The third-order valence-electron chi connectivity index (χ3n) is 5.85. The van der Waals surface area contributed by atoms with Gasteiger partial charge in [0.2, 0.25) is 0 Å². The van der Waals surface area contributed by atoms with Gasteiger partial charge in [0.1, 0.15) is 5.75 Å². The summed E-state index contributed by atoms with van der Waals surface area (Å²) in [6.07, 6.45) is 0. The normalized spacial score (nSPS) is 11.4. The molecule has 0 aliphatic carbocycles. The van der Waals surface area contributed by atoms with Crippen LogP contribution in [0.4, 0.5) is 0 Å². The third-order valence-corrected chi connectivity index (χ3v) is 6.59.